The SMILES string of the molecule is C[C@@H](CCc1ccccc1)NC(=O)CCc1nnc2n(C)c(=O)c3sccc3n12. The average Bonchev–Trinajstić information content (AvgIpc) is 3.36. The number of carbonyl (C=O) groups excluding carboxylic acids is 1. The van der Waals surface area contributed by atoms with E-state index < -0.39 is 0 Å². The van der Waals surface area contributed by atoms with E-state index in [0.717, 1.165) is 18.4 Å². The molecule has 150 valence electrons. The lowest BCUT2D eigenvalue weighted by atomic mass is 10.1. The lowest BCUT2D eigenvalue weighted by Gasteiger charge is -2.13. The summed E-state index contributed by atoms with van der Waals surface area (Å²) in [5.41, 5.74) is 1.99. The van der Waals surface area contributed by atoms with Gasteiger partial charge in [0.2, 0.25) is 11.7 Å². The molecule has 0 aliphatic rings. The van der Waals surface area contributed by atoms with E-state index in [-0.39, 0.29) is 17.5 Å². The molecule has 4 aromatic rings. The van der Waals surface area contributed by atoms with Crippen LogP contribution in [0.5, 0.6) is 0 Å². The van der Waals surface area contributed by atoms with Crippen LogP contribution in [0.25, 0.3) is 16.0 Å². The van der Waals surface area contributed by atoms with E-state index in [9.17, 15) is 9.59 Å². The lowest BCUT2D eigenvalue weighted by molar-refractivity contribution is -0.121. The topological polar surface area (TPSA) is 81.3 Å². The Bertz CT molecular complexity index is 1210. The van der Waals surface area contributed by atoms with Crippen molar-refractivity contribution in [3.63, 3.8) is 0 Å². The minimum atomic E-state index is -0.0774. The molecule has 0 unspecified atom stereocenters. The minimum absolute atomic E-state index is 0.00584. The van der Waals surface area contributed by atoms with E-state index in [0.29, 0.717) is 29.1 Å². The number of amides is 1. The number of aryl methyl sites for hydroxylation is 3. The summed E-state index contributed by atoms with van der Waals surface area (Å²) in [5, 5.41) is 13.3. The van der Waals surface area contributed by atoms with Crippen LogP contribution in [0.4, 0.5) is 0 Å². The van der Waals surface area contributed by atoms with Gasteiger partial charge in [-0.05, 0) is 36.8 Å². The zero-order chi connectivity index (χ0) is 20.4. The summed E-state index contributed by atoms with van der Waals surface area (Å²) in [7, 11) is 1.69. The number of benzene rings is 1. The minimum Gasteiger partial charge on any atom is -0.354 e. The second-order valence-electron chi connectivity index (χ2n) is 7.24. The first-order valence-electron chi connectivity index (χ1n) is 9.68. The van der Waals surface area contributed by atoms with Crippen molar-refractivity contribution in [3.05, 3.63) is 63.5 Å². The van der Waals surface area contributed by atoms with Gasteiger partial charge in [0, 0.05) is 25.9 Å². The van der Waals surface area contributed by atoms with Gasteiger partial charge in [-0.15, -0.1) is 21.5 Å². The van der Waals surface area contributed by atoms with Gasteiger partial charge >= 0.3 is 0 Å². The van der Waals surface area contributed by atoms with Crippen molar-refractivity contribution in [2.45, 2.75) is 38.6 Å². The fraction of sp³-hybridized carbons (Fsp3) is 0.333. The molecule has 0 fully saturated rings. The molecule has 29 heavy (non-hydrogen) atoms. The standard InChI is InChI=1S/C21H23N5O2S/c1-14(8-9-15-6-4-3-5-7-15)22-18(27)11-10-17-23-24-21-25(2)20(28)19-16(26(17)21)12-13-29-19/h3-7,12-14H,8-11H2,1-2H3,(H,22,27)/t14-/m0/s1. The number of fused-ring (bicyclic) bond motifs is 3. The van der Waals surface area contributed by atoms with Crippen LogP contribution in [0, 0.1) is 0 Å². The molecule has 0 radical (unpaired) electrons. The van der Waals surface area contributed by atoms with Crippen molar-refractivity contribution in [2.75, 3.05) is 0 Å². The highest BCUT2D eigenvalue weighted by Gasteiger charge is 2.16. The molecule has 4 rings (SSSR count). The Morgan fingerprint density at radius 2 is 1.97 bits per heavy atom. The van der Waals surface area contributed by atoms with Gasteiger partial charge < -0.3 is 5.32 Å². The van der Waals surface area contributed by atoms with Gasteiger partial charge in [0.1, 0.15) is 10.5 Å². The number of hydrogen-bond acceptors (Lipinski definition) is 5. The first-order valence-corrected chi connectivity index (χ1v) is 10.6. The third-order valence-electron chi connectivity index (χ3n) is 5.09. The van der Waals surface area contributed by atoms with E-state index >= 15 is 0 Å². The molecule has 0 aliphatic heterocycles. The quantitative estimate of drug-likeness (QED) is 0.509. The Hall–Kier alpha value is -3.00. The van der Waals surface area contributed by atoms with Gasteiger partial charge in [0.05, 0.1) is 5.52 Å². The summed E-state index contributed by atoms with van der Waals surface area (Å²) in [5.74, 6) is 1.17. The van der Waals surface area contributed by atoms with Gasteiger partial charge in [0.15, 0.2) is 0 Å². The van der Waals surface area contributed by atoms with Crippen LogP contribution in [-0.4, -0.2) is 31.1 Å². The zero-order valence-corrected chi connectivity index (χ0v) is 17.3. The van der Waals surface area contributed by atoms with Crippen molar-refractivity contribution in [3.8, 4) is 0 Å². The second kappa shape index (κ2) is 8.16. The van der Waals surface area contributed by atoms with Gasteiger partial charge in [0.25, 0.3) is 5.56 Å². The highest BCUT2D eigenvalue weighted by molar-refractivity contribution is 7.17. The summed E-state index contributed by atoms with van der Waals surface area (Å²) in [4.78, 5) is 24.8. The molecule has 1 amide bonds. The highest BCUT2D eigenvalue weighted by atomic mass is 32.1. The van der Waals surface area contributed by atoms with Gasteiger partial charge in [-0.1, -0.05) is 30.3 Å². The lowest BCUT2D eigenvalue weighted by Crippen LogP contribution is -2.33. The number of carbonyl (C=O) groups is 1. The van der Waals surface area contributed by atoms with Crippen molar-refractivity contribution >= 4 is 33.2 Å². The second-order valence-corrected chi connectivity index (χ2v) is 8.16. The van der Waals surface area contributed by atoms with Crippen molar-refractivity contribution in [1.82, 2.24) is 24.5 Å². The van der Waals surface area contributed by atoms with Crippen LogP contribution < -0.4 is 10.9 Å². The molecule has 3 aromatic heterocycles. The Kier molecular flexibility index (Phi) is 5.44. The molecule has 0 saturated carbocycles. The first kappa shape index (κ1) is 19.3. The molecule has 0 saturated heterocycles. The molecule has 0 aliphatic carbocycles. The third kappa shape index (κ3) is 3.93. The average molecular weight is 410 g/mol. The predicted molar refractivity (Wildman–Crippen MR) is 114 cm³/mol. The van der Waals surface area contributed by atoms with E-state index in [4.69, 9.17) is 0 Å². The van der Waals surface area contributed by atoms with E-state index in [1.807, 2.05) is 41.0 Å². The number of aromatic nitrogens is 4. The fourth-order valence-corrected chi connectivity index (χ4v) is 4.34. The molecular formula is C21H23N5O2S. The molecule has 0 spiro atoms. The Balaban J connectivity index is 1.41. The molecule has 0 bridgehead atoms. The maximum absolute atomic E-state index is 12.4. The van der Waals surface area contributed by atoms with Crippen LogP contribution in [0.15, 0.2) is 46.6 Å². The van der Waals surface area contributed by atoms with Crippen LogP contribution in [0.3, 0.4) is 0 Å². The normalized spacial score (nSPS) is 12.5. The van der Waals surface area contributed by atoms with Crippen LogP contribution in [-0.2, 0) is 24.7 Å². The maximum atomic E-state index is 12.4. The summed E-state index contributed by atoms with van der Waals surface area (Å²) in [6.45, 7) is 2.03. The number of nitrogens with one attached hydrogen (secondary N) is 1. The monoisotopic (exact) mass is 409 g/mol. The van der Waals surface area contributed by atoms with Crippen molar-refractivity contribution in [1.29, 1.82) is 0 Å². The molecule has 1 atom stereocenters. The first-order chi connectivity index (χ1) is 14.0. The number of thiophene rings is 1. The number of rotatable bonds is 7. The Morgan fingerprint density at radius 1 is 1.17 bits per heavy atom. The summed E-state index contributed by atoms with van der Waals surface area (Å²) < 4.78 is 4.04. The Morgan fingerprint density at radius 3 is 2.76 bits per heavy atom. The van der Waals surface area contributed by atoms with E-state index in [2.05, 4.69) is 27.6 Å². The van der Waals surface area contributed by atoms with Crippen molar-refractivity contribution < 1.29 is 4.79 Å². The van der Waals surface area contributed by atoms with E-state index in [1.54, 1.807) is 7.05 Å². The predicted octanol–water partition coefficient (Wildman–Crippen LogP) is 2.71. The summed E-state index contributed by atoms with van der Waals surface area (Å²) in [6.07, 6.45) is 2.61. The molecule has 7 nitrogen and oxygen atoms in total. The summed E-state index contributed by atoms with van der Waals surface area (Å²) in [6, 6.07) is 12.3. The summed E-state index contributed by atoms with van der Waals surface area (Å²) >= 11 is 1.40. The highest BCUT2D eigenvalue weighted by Crippen LogP contribution is 2.19. The van der Waals surface area contributed by atoms with Crippen LogP contribution in [0.1, 0.15) is 31.2 Å². The smallest absolute Gasteiger partial charge is 0.272 e. The molecule has 1 aromatic carbocycles. The Labute approximate surface area is 172 Å². The molecule has 8 heteroatoms. The number of nitrogens with zero attached hydrogens (tertiary/aromatic N) is 4. The van der Waals surface area contributed by atoms with Crippen LogP contribution >= 0.6 is 11.3 Å². The molecular weight excluding hydrogens is 386 g/mol. The zero-order valence-electron chi connectivity index (χ0n) is 16.5. The maximum Gasteiger partial charge on any atom is 0.272 e. The van der Waals surface area contributed by atoms with E-state index in [1.165, 1.54) is 21.5 Å². The number of hydrogen-bond donors (Lipinski definition) is 1. The van der Waals surface area contributed by atoms with Gasteiger partial charge in [-0.2, -0.15) is 0 Å². The van der Waals surface area contributed by atoms with Gasteiger partial charge in [-0.3, -0.25) is 18.6 Å². The molecule has 1 N–H and O–H groups in total. The largest absolute Gasteiger partial charge is 0.354 e. The van der Waals surface area contributed by atoms with Crippen LogP contribution in [0.2, 0.25) is 0 Å². The van der Waals surface area contributed by atoms with Crippen molar-refractivity contribution in [2.24, 2.45) is 7.05 Å². The fourth-order valence-electron chi connectivity index (χ4n) is 3.49. The molecule has 3 heterocycles. The van der Waals surface area contributed by atoms with Gasteiger partial charge in [-0.25, -0.2) is 0 Å². The third-order valence-corrected chi connectivity index (χ3v) is 5.98.